The van der Waals surface area contributed by atoms with Gasteiger partial charge in [0.15, 0.2) is 0 Å². The molecule has 0 unspecified atom stereocenters. The smallest absolute Gasteiger partial charge is 0.0390 e. The lowest BCUT2D eigenvalue weighted by Crippen LogP contribution is -1.97. The number of anilines is 4. The molecular formula is C43H34N2. The summed E-state index contributed by atoms with van der Waals surface area (Å²) in [5, 5.41) is 7.15. The van der Waals surface area contributed by atoms with Gasteiger partial charge >= 0.3 is 0 Å². The van der Waals surface area contributed by atoms with E-state index < -0.39 is 0 Å². The van der Waals surface area contributed by atoms with Crippen molar-refractivity contribution in [2.24, 2.45) is 0 Å². The van der Waals surface area contributed by atoms with Crippen molar-refractivity contribution in [1.29, 1.82) is 0 Å². The highest BCUT2D eigenvalue weighted by Crippen LogP contribution is 2.44. The molecule has 7 aromatic rings. The highest BCUT2D eigenvalue weighted by Gasteiger charge is 2.18. The third kappa shape index (κ3) is 6.13. The highest BCUT2D eigenvalue weighted by atomic mass is 14.9. The second-order valence-corrected chi connectivity index (χ2v) is 11.2. The number of para-hydroxylation sites is 2. The molecule has 2 nitrogen and oxygen atoms in total. The summed E-state index contributed by atoms with van der Waals surface area (Å²) < 4.78 is 0. The van der Waals surface area contributed by atoms with E-state index in [1.807, 2.05) is 24.3 Å². The number of hydrogen-bond donors (Lipinski definition) is 2. The van der Waals surface area contributed by atoms with Crippen LogP contribution in [0.4, 0.5) is 22.7 Å². The van der Waals surface area contributed by atoms with E-state index in [0.717, 1.165) is 22.7 Å². The van der Waals surface area contributed by atoms with Crippen molar-refractivity contribution in [3.63, 3.8) is 0 Å². The van der Waals surface area contributed by atoms with E-state index in [-0.39, 0.29) is 0 Å². The van der Waals surface area contributed by atoms with Crippen LogP contribution in [0.2, 0.25) is 0 Å². The predicted octanol–water partition coefficient (Wildman–Crippen LogP) is 12.2. The van der Waals surface area contributed by atoms with E-state index >= 15 is 0 Å². The lowest BCUT2D eigenvalue weighted by molar-refractivity contribution is 1.44. The first-order chi connectivity index (χ1) is 22.2. The van der Waals surface area contributed by atoms with Crippen LogP contribution in [0.5, 0.6) is 0 Å². The first-order valence-corrected chi connectivity index (χ1v) is 15.4. The third-order valence-corrected chi connectivity index (χ3v) is 8.24. The molecule has 0 atom stereocenters. The number of benzene rings is 7. The van der Waals surface area contributed by atoms with Crippen molar-refractivity contribution in [2.45, 2.75) is 6.92 Å². The second-order valence-electron chi connectivity index (χ2n) is 11.2. The molecule has 0 aliphatic rings. The minimum Gasteiger partial charge on any atom is -0.356 e. The summed E-state index contributed by atoms with van der Waals surface area (Å²) in [6.45, 7) is 2.25. The van der Waals surface area contributed by atoms with Crippen LogP contribution in [0.3, 0.4) is 0 Å². The monoisotopic (exact) mass is 578 g/mol. The lowest BCUT2D eigenvalue weighted by atomic mass is 9.84. The fourth-order valence-corrected chi connectivity index (χ4v) is 6.05. The zero-order valence-corrected chi connectivity index (χ0v) is 25.2. The average Bonchev–Trinajstić information content (AvgIpc) is 3.10. The maximum atomic E-state index is 3.63. The molecule has 216 valence electrons. The molecule has 0 saturated carbocycles. The van der Waals surface area contributed by atoms with Crippen LogP contribution < -0.4 is 10.6 Å². The maximum absolute atomic E-state index is 3.63. The third-order valence-electron chi connectivity index (χ3n) is 8.24. The van der Waals surface area contributed by atoms with Gasteiger partial charge in [-0.2, -0.15) is 0 Å². The molecular weight excluding hydrogens is 544 g/mol. The Morgan fingerprint density at radius 3 is 1.33 bits per heavy atom. The minimum atomic E-state index is 1.05. The van der Waals surface area contributed by atoms with Gasteiger partial charge in [0.05, 0.1) is 0 Å². The second kappa shape index (κ2) is 12.8. The molecule has 0 radical (unpaired) electrons. The molecule has 0 bridgehead atoms. The van der Waals surface area contributed by atoms with Gasteiger partial charge < -0.3 is 10.6 Å². The summed E-state index contributed by atoms with van der Waals surface area (Å²) in [5.74, 6) is 0. The molecule has 2 heteroatoms. The van der Waals surface area contributed by atoms with Crippen molar-refractivity contribution < 1.29 is 0 Å². The van der Waals surface area contributed by atoms with Crippen LogP contribution in [-0.4, -0.2) is 0 Å². The van der Waals surface area contributed by atoms with E-state index in [4.69, 9.17) is 0 Å². The van der Waals surface area contributed by atoms with E-state index in [1.54, 1.807) is 0 Å². The fraction of sp³-hybridized carbons (Fsp3) is 0.0233. The lowest BCUT2D eigenvalue weighted by Gasteiger charge is -2.21. The highest BCUT2D eigenvalue weighted by molar-refractivity contribution is 5.97. The van der Waals surface area contributed by atoms with E-state index in [0.29, 0.717) is 0 Å². The van der Waals surface area contributed by atoms with Gasteiger partial charge in [0.1, 0.15) is 0 Å². The van der Waals surface area contributed by atoms with Crippen LogP contribution >= 0.6 is 0 Å². The van der Waals surface area contributed by atoms with Gasteiger partial charge in [-0.3, -0.25) is 0 Å². The van der Waals surface area contributed by atoms with Crippen LogP contribution in [-0.2, 0) is 0 Å². The van der Waals surface area contributed by atoms with Gasteiger partial charge in [-0.05, 0) is 106 Å². The molecule has 45 heavy (non-hydrogen) atoms. The minimum absolute atomic E-state index is 1.05. The van der Waals surface area contributed by atoms with Crippen molar-refractivity contribution in [2.75, 3.05) is 10.6 Å². The molecule has 0 saturated heterocycles. The Kier molecular flexibility index (Phi) is 7.94. The molecule has 0 amide bonds. The SMILES string of the molecule is Cc1c(-c2ccccc2)ccc(-c2cc(Nc3ccccc3)ccc2-c2ccc(Nc3ccccc3)cc2)c1-c1ccccc1. The Hall–Kier alpha value is -5.86. The van der Waals surface area contributed by atoms with Crippen molar-refractivity contribution in [3.05, 3.63) is 181 Å². The number of nitrogens with one attached hydrogen (secondary N) is 2. The van der Waals surface area contributed by atoms with Gasteiger partial charge in [-0.15, -0.1) is 0 Å². The van der Waals surface area contributed by atoms with Crippen LogP contribution in [0.25, 0.3) is 44.5 Å². The van der Waals surface area contributed by atoms with Crippen LogP contribution in [0.1, 0.15) is 5.56 Å². The topological polar surface area (TPSA) is 24.1 Å². The molecule has 0 aliphatic carbocycles. The predicted molar refractivity (Wildman–Crippen MR) is 192 cm³/mol. The summed E-state index contributed by atoms with van der Waals surface area (Å²) >= 11 is 0. The van der Waals surface area contributed by atoms with Crippen molar-refractivity contribution >= 4 is 22.7 Å². The maximum Gasteiger partial charge on any atom is 0.0390 e. The summed E-state index contributed by atoms with van der Waals surface area (Å²) in [6.07, 6.45) is 0. The Balaban J connectivity index is 1.39. The Morgan fingerprint density at radius 2 is 0.733 bits per heavy atom. The summed E-state index contributed by atoms with van der Waals surface area (Å²) in [6, 6.07) is 62.1. The van der Waals surface area contributed by atoms with Gasteiger partial charge in [-0.25, -0.2) is 0 Å². The van der Waals surface area contributed by atoms with E-state index in [9.17, 15) is 0 Å². The Labute approximate surface area is 265 Å². The van der Waals surface area contributed by atoms with Crippen molar-refractivity contribution in [1.82, 2.24) is 0 Å². The molecule has 7 rings (SSSR count). The van der Waals surface area contributed by atoms with E-state index in [1.165, 1.54) is 50.1 Å². The normalized spacial score (nSPS) is 10.8. The number of hydrogen-bond acceptors (Lipinski definition) is 2. The first-order valence-electron chi connectivity index (χ1n) is 15.4. The summed E-state index contributed by atoms with van der Waals surface area (Å²) in [4.78, 5) is 0. The quantitative estimate of drug-likeness (QED) is 0.187. The zero-order chi connectivity index (χ0) is 30.4. The molecule has 2 N–H and O–H groups in total. The summed E-state index contributed by atoms with van der Waals surface area (Å²) in [5.41, 5.74) is 15.2. The standard InChI is InChI=1S/C43H34N2/c1-31-39(32-14-6-2-7-15-32)28-29-41(43(31)34-16-8-3-9-17-34)42-30-38(45-36-20-12-5-13-21-36)26-27-40(42)33-22-24-37(25-23-33)44-35-18-10-4-11-19-35/h2-30,44-45H,1H3. The Morgan fingerprint density at radius 1 is 0.311 bits per heavy atom. The van der Waals surface area contributed by atoms with Crippen molar-refractivity contribution in [3.8, 4) is 44.5 Å². The molecule has 0 heterocycles. The molecule has 7 aromatic carbocycles. The van der Waals surface area contributed by atoms with Gasteiger partial charge in [-0.1, -0.05) is 127 Å². The van der Waals surface area contributed by atoms with Crippen LogP contribution in [0, 0.1) is 6.92 Å². The summed E-state index contributed by atoms with van der Waals surface area (Å²) in [7, 11) is 0. The molecule has 0 aromatic heterocycles. The average molecular weight is 579 g/mol. The fourth-order valence-electron chi connectivity index (χ4n) is 6.05. The Bertz CT molecular complexity index is 2020. The molecule has 0 fully saturated rings. The molecule has 0 aliphatic heterocycles. The molecule has 0 spiro atoms. The van der Waals surface area contributed by atoms with Gasteiger partial charge in [0.2, 0.25) is 0 Å². The zero-order valence-electron chi connectivity index (χ0n) is 25.2. The van der Waals surface area contributed by atoms with Gasteiger partial charge in [0, 0.05) is 22.7 Å². The first kappa shape index (κ1) is 27.9. The van der Waals surface area contributed by atoms with E-state index in [2.05, 4.69) is 169 Å². The van der Waals surface area contributed by atoms with Gasteiger partial charge in [0.25, 0.3) is 0 Å². The number of rotatable bonds is 8. The van der Waals surface area contributed by atoms with Crippen LogP contribution in [0.15, 0.2) is 176 Å². The largest absolute Gasteiger partial charge is 0.356 e.